The Balaban J connectivity index is 1.83. The molecule has 0 aliphatic carbocycles. The zero-order valence-electron chi connectivity index (χ0n) is 14.8. The summed E-state index contributed by atoms with van der Waals surface area (Å²) < 4.78 is 11.6. The molecule has 2 aromatic carbocycles. The molecule has 0 aromatic heterocycles. The Kier molecular flexibility index (Phi) is 5.10. The molecule has 24 heavy (non-hydrogen) atoms. The topological polar surface area (TPSA) is 30.5 Å². The van der Waals surface area contributed by atoms with E-state index in [-0.39, 0.29) is 0 Å². The highest BCUT2D eigenvalue weighted by atomic mass is 16.5. The van der Waals surface area contributed by atoms with Crippen molar-refractivity contribution in [2.45, 2.75) is 32.8 Å². The maximum absolute atomic E-state index is 6.07. The van der Waals surface area contributed by atoms with Crippen molar-refractivity contribution in [1.82, 2.24) is 5.32 Å². The Labute approximate surface area is 145 Å². The summed E-state index contributed by atoms with van der Waals surface area (Å²) in [5.41, 5.74) is 2.78. The van der Waals surface area contributed by atoms with Crippen LogP contribution in [-0.4, -0.2) is 20.2 Å². The molecule has 1 fully saturated rings. The van der Waals surface area contributed by atoms with Crippen LogP contribution in [-0.2, 0) is 6.61 Å². The first-order valence-electron chi connectivity index (χ1n) is 8.71. The normalized spacial score (nSPS) is 23.2. The summed E-state index contributed by atoms with van der Waals surface area (Å²) in [7, 11) is 1.69. The predicted octanol–water partition coefficient (Wildman–Crippen LogP) is 4.38. The van der Waals surface area contributed by atoms with Gasteiger partial charge in [-0.3, -0.25) is 0 Å². The number of hydrogen-bond acceptors (Lipinski definition) is 3. The van der Waals surface area contributed by atoms with Gasteiger partial charge in [0, 0.05) is 19.0 Å². The summed E-state index contributed by atoms with van der Waals surface area (Å²) in [6.45, 7) is 7.28. The molecule has 1 N–H and O–H groups in total. The highest BCUT2D eigenvalue weighted by molar-refractivity contribution is 5.45. The standard InChI is InChI=1S/C21H27NO2/c1-4-21(2)15-22-13-18(21)17-10-11-19(23-3)20(12-17)24-14-16-8-6-5-7-9-16/h5-12,18,22H,4,13-15H2,1-3H3. The lowest BCUT2D eigenvalue weighted by atomic mass is 9.74. The fourth-order valence-electron chi connectivity index (χ4n) is 3.52. The molecule has 0 amide bonds. The van der Waals surface area contributed by atoms with E-state index in [1.54, 1.807) is 7.11 Å². The Morgan fingerprint density at radius 3 is 2.62 bits per heavy atom. The van der Waals surface area contributed by atoms with Gasteiger partial charge in [-0.2, -0.15) is 0 Å². The van der Waals surface area contributed by atoms with Crippen molar-refractivity contribution in [3.8, 4) is 11.5 Å². The van der Waals surface area contributed by atoms with Crippen LogP contribution < -0.4 is 14.8 Å². The first kappa shape index (κ1) is 16.8. The minimum Gasteiger partial charge on any atom is -0.493 e. The fraction of sp³-hybridized carbons (Fsp3) is 0.429. The van der Waals surface area contributed by atoms with Crippen LogP contribution in [0.4, 0.5) is 0 Å². The predicted molar refractivity (Wildman–Crippen MR) is 97.8 cm³/mol. The van der Waals surface area contributed by atoms with Gasteiger partial charge in [0.25, 0.3) is 0 Å². The second kappa shape index (κ2) is 7.27. The van der Waals surface area contributed by atoms with Gasteiger partial charge in [0.15, 0.2) is 11.5 Å². The molecular weight excluding hydrogens is 298 g/mol. The van der Waals surface area contributed by atoms with Gasteiger partial charge in [0.05, 0.1) is 7.11 Å². The summed E-state index contributed by atoms with van der Waals surface area (Å²) in [6.07, 6.45) is 1.16. The van der Waals surface area contributed by atoms with E-state index in [1.165, 1.54) is 5.56 Å². The SMILES string of the molecule is CCC1(C)CNCC1c1ccc(OC)c(OCc2ccccc2)c1. The van der Waals surface area contributed by atoms with Crippen molar-refractivity contribution in [2.75, 3.05) is 20.2 Å². The number of rotatable bonds is 6. The number of benzene rings is 2. The zero-order valence-corrected chi connectivity index (χ0v) is 14.8. The molecule has 1 saturated heterocycles. The molecule has 0 bridgehead atoms. The van der Waals surface area contributed by atoms with Crippen molar-refractivity contribution < 1.29 is 9.47 Å². The Hall–Kier alpha value is -2.00. The summed E-state index contributed by atoms with van der Waals surface area (Å²) in [5, 5.41) is 3.55. The smallest absolute Gasteiger partial charge is 0.161 e. The highest BCUT2D eigenvalue weighted by Gasteiger charge is 2.38. The monoisotopic (exact) mass is 325 g/mol. The molecular formula is C21H27NO2. The molecule has 0 radical (unpaired) electrons. The summed E-state index contributed by atoms with van der Waals surface area (Å²) in [5.74, 6) is 2.12. The van der Waals surface area contributed by atoms with Crippen LogP contribution in [0.15, 0.2) is 48.5 Å². The van der Waals surface area contributed by atoms with E-state index < -0.39 is 0 Å². The summed E-state index contributed by atoms with van der Waals surface area (Å²) in [6, 6.07) is 16.6. The van der Waals surface area contributed by atoms with Gasteiger partial charge >= 0.3 is 0 Å². The van der Waals surface area contributed by atoms with E-state index in [0.717, 1.165) is 36.6 Å². The molecule has 2 atom stereocenters. The van der Waals surface area contributed by atoms with Crippen LogP contribution in [0.3, 0.4) is 0 Å². The van der Waals surface area contributed by atoms with Crippen molar-refractivity contribution in [2.24, 2.45) is 5.41 Å². The molecule has 3 rings (SSSR count). The van der Waals surface area contributed by atoms with Gasteiger partial charge in [-0.25, -0.2) is 0 Å². The first-order chi connectivity index (χ1) is 11.7. The van der Waals surface area contributed by atoms with Crippen LogP contribution in [0.2, 0.25) is 0 Å². The van der Waals surface area contributed by atoms with E-state index in [4.69, 9.17) is 9.47 Å². The third kappa shape index (κ3) is 3.41. The van der Waals surface area contributed by atoms with Crippen molar-refractivity contribution in [3.63, 3.8) is 0 Å². The molecule has 1 aliphatic heterocycles. The number of hydrogen-bond donors (Lipinski definition) is 1. The largest absolute Gasteiger partial charge is 0.493 e. The lowest BCUT2D eigenvalue weighted by molar-refractivity contribution is 0.281. The van der Waals surface area contributed by atoms with Crippen molar-refractivity contribution in [3.05, 3.63) is 59.7 Å². The van der Waals surface area contributed by atoms with Gasteiger partial charge in [0.2, 0.25) is 0 Å². The third-order valence-corrected chi connectivity index (χ3v) is 5.35. The molecule has 3 nitrogen and oxygen atoms in total. The van der Waals surface area contributed by atoms with Crippen molar-refractivity contribution >= 4 is 0 Å². The molecule has 0 saturated carbocycles. The molecule has 3 heteroatoms. The molecule has 2 aromatic rings. The second-order valence-corrected chi connectivity index (χ2v) is 6.88. The van der Waals surface area contributed by atoms with E-state index in [2.05, 4.69) is 43.4 Å². The van der Waals surface area contributed by atoms with Crippen LogP contribution in [0.5, 0.6) is 11.5 Å². The van der Waals surface area contributed by atoms with Gasteiger partial charge in [-0.15, -0.1) is 0 Å². The lowest BCUT2D eigenvalue weighted by Crippen LogP contribution is -2.24. The maximum Gasteiger partial charge on any atom is 0.161 e. The average Bonchev–Trinajstić information content (AvgIpc) is 3.03. The fourth-order valence-corrected chi connectivity index (χ4v) is 3.52. The van der Waals surface area contributed by atoms with E-state index in [9.17, 15) is 0 Å². The second-order valence-electron chi connectivity index (χ2n) is 6.88. The molecule has 2 unspecified atom stereocenters. The van der Waals surface area contributed by atoms with Crippen LogP contribution in [0.1, 0.15) is 37.3 Å². The quantitative estimate of drug-likeness (QED) is 0.855. The number of methoxy groups -OCH3 is 1. The van der Waals surface area contributed by atoms with Gasteiger partial charge in [-0.05, 0) is 35.1 Å². The summed E-state index contributed by atoms with van der Waals surface area (Å²) >= 11 is 0. The number of ether oxygens (including phenoxy) is 2. The molecule has 0 spiro atoms. The third-order valence-electron chi connectivity index (χ3n) is 5.35. The maximum atomic E-state index is 6.07. The van der Waals surface area contributed by atoms with Crippen molar-refractivity contribution in [1.29, 1.82) is 0 Å². The van der Waals surface area contributed by atoms with Crippen LogP contribution in [0.25, 0.3) is 0 Å². The van der Waals surface area contributed by atoms with E-state index >= 15 is 0 Å². The minimum atomic E-state index is 0.297. The minimum absolute atomic E-state index is 0.297. The molecule has 1 heterocycles. The Morgan fingerprint density at radius 1 is 1.12 bits per heavy atom. The first-order valence-corrected chi connectivity index (χ1v) is 8.71. The Bertz CT molecular complexity index is 671. The van der Waals surface area contributed by atoms with Gasteiger partial charge in [0.1, 0.15) is 6.61 Å². The van der Waals surface area contributed by atoms with E-state index in [0.29, 0.717) is 17.9 Å². The lowest BCUT2D eigenvalue weighted by Gasteiger charge is -2.30. The van der Waals surface area contributed by atoms with Crippen LogP contribution in [0, 0.1) is 5.41 Å². The molecule has 1 aliphatic rings. The highest BCUT2D eigenvalue weighted by Crippen LogP contribution is 2.43. The Morgan fingerprint density at radius 2 is 1.92 bits per heavy atom. The molecule has 128 valence electrons. The van der Waals surface area contributed by atoms with Crippen LogP contribution >= 0.6 is 0 Å². The zero-order chi connectivity index (χ0) is 17.0. The van der Waals surface area contributed by atoms with Gasteiger partial charge < -0.3 is 14.8 Å². The average molecular weight is 325 g/mol. The van der Waals surface area contributed by atoms with E-state index in [1.807, 2.05) is 24.3 Å². The number of nitrogens with one attached hydrogen (secondary N) is 1. The summed E-state index contributed by atoms with van der Waals surface area (Å²) in [4.78, 5) is 0. The van der Waals surface area contributed by atoms with Gasteiger partial charge in [-0.1, -0.05) is 50.2 Å².